The zero-order valence-electron chi connectivity index (χ0n) is 17.2. The number of fused-ring (bicyclic) bond motifs is 2. The van der Waals surface area contributed by atoms with Crippen molar-refractivity contribution in [2.24, 2.45) is 0 Å². The van der Waals surface area contributed by atoms with Crippen molar-refractivity contribution < 1.29 is 0 Å². The number of benzene rings is 5. The molecule has 0 aliphatic carbocycles. The molecule has 0 aliphatic heterocycles. The van der Waals surface area contributed by atoms with Crippen molar-refractivity contribution in [3.63, 3.8) is 0 Å². The smallest absolute Gasteiger partial charge is 0.00697 e. The average molecular weight is 385 g/mol. The van der Waals surface area contributed by atoms with E-state index in [9.17, 15) is 0 Å². The van der Waals surface area contributed by atoms with Gasteiger partial charge in [0.1, 0.15) is 0 Å². The quantitative estimate of drug-likeness (QED) is 0.337. The van der Waals surface area contributed by atoms with Crippen molar-refractivity contribution in [1.29, 1.82) is 0 Å². The van der Waals surface area contributed by atoms with Crippen LogP contribution in [0.2, 0.25) is 0 Å². The van der Waals surface area contributed by atoms with Crippen LogP contribution in [-0.2, 0) is 6.42 Å². The van der Waals surface area contributed by atoms with E-state index in [4.69, 9.17) is 0 Å². The van der Waals surface area contributed by atoms with Gasteiger partial charge in [-0.2, -0.15) is 0 Å². The van der Waals surface area contributed by atoms with Gasteiger partial charge < -0.3 is 0 Å². The minimum Gasteiger partial charge on any atom is -0.0905 e. The number of hydrogen-bond acceptors (Lipinski definition) is 0. The molecule has 0 unspecified atom stereocenters. The van der Waals surface area contributed by atoms with Crippen molar-refractivity contribution in [3.8, 4) is 11.1 Å². The summed E-state index contributed by atoms with van der Waals surface area (Å²) in [5.41, 5.74) is 5.21. The number of aryl methyl sites for hydroxylation is 1. The first-order valence-electron chi connectivity index (χ1n) is 10.5. The molecular weight excluding hydrogens is 360 g/mol. The summed E-state index contributed by atoms with van der Waals surface area (Å²) in [7, 11) is 0. The summed E-state index contributed by atoms with van der Waals surface area (Å²) < 4.78 is 0. The van der Waals surface area contributed by atoms with E-state index in [1.54, 1.807) is 0 Å². The Kier molecular flexibility index (Phi) is 4.69. The van der Waals surface area contributed by atoms with Crippen LogP contribution in [0.4, 0.5) is 0 Å². The van der Waals surface area contributed by atoms with E-state index in [2.05, 4.69) is 117 Å². The largest absolute Gasteiger partial charge is 0.0905 e. The molecule has 0 nitrogen and oxygen atoms in total. The topological polar surface area (TPSA) is 0 Å². The van der Waals surface area contributed by atoms with Crippen LogP contribution in [0, 0.1) is 6.92 Å². The Hall–Kier alpha value is -3.64. The summed E-state index contributed by atoms with van der Waals surface area (Å²) in [5.74, 6) is 0. The Balaban J connectivity index is 1.83. The molecule has 0 spiro atoms. The van der Waals surface area contributed by atoms with Gasteiger partial charge in [0, 0.05) is 0 Å². The second-order valence-corrected chi connectivity index (χ2v) is 7.91. The third kappa shape index (κ3) is 3.21. The van der Waals surface area contributed by atoms with Crippen molar-refractivity contribution in [3.05, 3.63) is 119 Å². The van der Waals surface area contributed by atoms with E-state index in [0.29, 0.717) is 0 Å². The predicted octanol–water partition coefficient (Wildman–Crippen LogP) is 6.40. The van der Waals surface area contributed by atoms with Gasteiger partial charge >= 0.3 is 0 Å². The number of hydrogen-bond donors (Lipinski definition) is 0. The third-order valence-corrected chi connectivity index (χ3v) is 6.00. The zero-order valence-corrected chi connectivity index (χ0v) is 17.2. The van der Waals surface area contributed by atoms with Gasteiger partial charge in [-0.15, -0.1) is 0 Å². The maximum atomic E-state index is 4.45. The summed E-state index contributed by atoms with van der Waals surface area (Å²) in [6, 6.07) is 34.7. The molecular formula is C30H24. The Morgan fingerprint density at radius 3 is 2.17 bits per heavy atom. The molecule has 5 rings (SSSR count). The van der Waals surface area contributed by atoms with Crippen LogP contribution in [0.1, 0.15) is 11.1 Å². The Labute approximate surface area is 177 Å². The lowest BCUT2D eigenvalue weighted by Crippen LogP contribution is -2.24. The van der Waals surface area contributed by atoms with E-state index < -0.39 is 0 Å². The van der Waals surface area contributed by atoms with Crippen molar-refractivity contribution in [2.45, 2.75) is 13.3 Å². The van der Waals surface area contributed by atoms with Crippen LogP contribution in [0.5, 0.6) is 0 Å². The van der Waals surface area contributed by atoms with Gasteiger partial charge in [-0.3, -0.25) is 0 Å². The Morgan fingerprint density at radius 1 is 0.700 bits per heavy atom. The third-order valence-electron chi connectivity index (χ3n) is 6.00. The van der Waals surface area contributed by atoms with Gasteiger partial charge in [0.15, 0.2) is 0 Å². The molecule has 0 atom stereocenters. The van der Waals surface area contributed by atoms with Crippen LogP contribution in [0.3, 0.4) is 0 Å². The van der Waals surface area contributed by atoms with Crippen molar-refractivity contribution >= 4 is 34.2 Å². The maximum absolute atomic E-state index is 4.45. The number of rotatable bonds is 3. The minimum atomic E-state index is 0.898. The molecule has 5 aromatic rings. The summed E-state index contributed by atoms with van der Waals surface area (Å²) >= 11 is 0. The van der Waals surface area contributed by atoms with E-state index in [0.717, 1.165) is 11.6 Å². The molecule has 144 valence electrons. The fourth-order valence-corrected chi connectivity index (χ4v) is 4.43. The fraction of sp³-hybridized carbons (Fsp3) is 0.0667. The zero-order chi connectivity index (χ0) is 20.5. The average Bonchev–Trinajstić information content (AvgIpc) is 2.80. The SMILES string of the molecule is C=c1c(=CCc2ccccc2)cc(-c2c(C)ccc3ccccc23)c2ccccc12. The van der Waals surface area contributed by atoms with Gasteiger partial charge in [-0.25, -0.2) is 0 Å². The van der Waals surface area contributed by atoms with E-state index >= 15 is 0 Å². The summed E-state index contributed by atoms with van der Waals surface area (Å²) in [6.07, 6.45) is 3.21. The van der Waals surface area contributed by atoms with Crippen LogP contribution >= 0.6 is 0 Å². The highest BCUT2D eigenvalue weighted by Crippen LogP contribution is 2.34. The molecule has 30 heavy (non-hydrogen) atoms. The monoisotopic (exact) mass is 384 g/mol. The van der Waals surface area contributed by atoms with Crippen LogP contribution in [0.15, 0.2) is 97.1 Å². The first kappa shape index (κ1) is 18.4. The first-order valence-corrected chi connectivity index (χ1v) is 10.5. The summed E-state index contributed by atoms with van der Waals surface area (Å²) in [5, 5.41) is 7.37. The molecule has 0 aliphatic rings. The molecule has 0 saturated heterocycles. The van der Waals surface area contributed by atoms with Gasteiger partial charge in [0.25, 0.3) is 0 Å². The molecule has 0 fully saturated rings. The molecule has 0 saturated carbocycles. The highest BCUT2D eigenvalue weighted by Gasteiger charge is 2.11. The lowest BCUT2D eigenvalue weighted by Gasteiger charge is -2.14. The van der Waals surface area contributed by atoms with Crippen LogP contribution in [0.25, 0.3) is 45.3 Å². The summed E-state index contributed by atoms with van der Waals surface area (Å²) in [4.78, 5) is 0. The summed E-state index contributed by atoms with van der Waals surface area (Å²) in [6.45, 7) is 6.66. The molecule has 0 radical (unpaired) electrons. The molecule has 0 amide bonds. The van der Waals surface area contributed by atoms with Gasteiger partial charge in [0.05, 0.1) is 0 Å². The van der Waals surface area contributed by atoms with Gasteiger partial charge in [0.2, 0.25) is 0 Å². The van der Waals surface area contributed by atoms with Crippen molar-refractivity contribution in [1.82, 2.24) is 0 Å². The van der Waals surface area contributed by atoms with Gasteiger partial charge in [-0.1, -0.05) is 104 Å². The van der Waals surface area contributed by atoms with Crippen LogP contribution in [-0.4, -0.2) is 0 Å². The minimum absolute atomic E-state index is 0.898. The highest BCUT2D eigenvalue weighted by atomic mass is 14.1. The molecule has 0 heteroatoms. The van der Waals surface area contributed by atoms with Gasteiger partial charge in [-0.05, 0) is 73.6 Å². The molecule has 0 N–H and O–H groups in total. The molecule has 0 heterocycles. The predicted molar refractivity (Wildman–Crippen MR) is 131 cm³/mol. The maximum Gasteiger partial charge on any atom is -0.00697 e. The Bertz CT molecular complexity index is 1470. The lowest BCUT2D eigenvalue weighted by molar-refractivity contribution is 1.32. The second-order valence-electron chi connectivity index (χ2n) is 7.91. The van der Waals surface area contributed by atoms with E-state index in [1.807, 2.05) is 0 Å². The lowest BCUT2D eigenvalue weighted by atomic mass is 9.89. The normalized spacial score (nSPS) is 12.0. The van der Waals surface area contributed by atoms with Crippen molar-refractivity contribution in [2.75, 3.05) is 0 Å². The molecule has 0 bridgehead atoms. The molecule has 0 aromatic heterocycles. The first-order chi connectivity index (χ1) is 14.7. The highest BCUT2D eigenvalue weighted by molar-refractivity contribution is 6.06. The molecule has 5 aromatic carbocycles. The Morgan fingerprint density at radius 2 is 1.37 bits per heavy atom. The second kappa shape index (κ2) is 7.65. The fourth-order valence-electron chi connectivity index (χ4n) is 4.43. The van der Waals surface area contributed by atoms with E-state index in [-0.39, 0.29) is 0 Å². The van der Waals surface area contributed by atoms with Crippen LogP contribution < -0.4 is 10.4 Å². The van der Waals surface area contributed by atoms with E-state index in [1.165, 1.54) is 49.0 Å². The standard InChI is InChI=1S/C30H24/c1-21-16-18-24-12-6-7-14-27(24)30(21)29-20-25(19-17-23-10-4-3-5-11-23)22(2)26-13-8-9-15-28(26)29/h3-16,18-20H,2,17H2,1H3.